The van der Waals surface area contributed by atoms with Crippen molar-refractivity contribution in [2.75, 3.05) is 31.3 Å². The molecule has 0 fully saturated rings. The Labute approximate surface area is 172 Å². The van der Waals surface area contributed by atoms with Crippen molar-refractivity contribution >= 4 is 43.8 Å². The number of anilines is 1. The van der Waals surface area contributed by atoms with Gasteiger partial charge in [-0.25, -0.2) is 13.8 Å². The van der Waals surface area contributed by atoms with E-state index < -0.39 is 22.5 Å². The van der Waals surface area contributed by atoms with E-state index in [1.807, 2.05) is 24.3 Å². The topological polar surface area (TPSA) is 97.3 Å². The molecule has 0 atom stereocenters. The van der Waals surface area contributed by atoms with E-state index >= 15 is 0 Å². The van der Waals surface area contributed by atoms with Crippen molar-refractivity contribution in [3.63, 3.8) is 0 Å². The molecule has 150 valence electrons. The summed E-state index contributed by atoms with van der Waals surface area (Å²) < 4.78 is 36.6. The third kappa shape index (κ3) is 5.70. The Morgan fingerprint density at radius 3 is 2.54 bits per heavy atom. The lowest BCUT2D eigenvalue weighted by atomic mass is 10.2. The maximum absolute atomic E-state index is 12.3. The second-order valence-corrected chi connectivity index (χ2v) is 8.38. The van der Waals surface area contributed by atoms with Gasteiger partial charge in [0.05, 0.1) is 32.4 Å². The molecule has 28 heavy (non-hydrogen) atoms. The van der Waals surface area contributed by atoms with E-state index in [1.165, 1.54) is 32.6 Å². The molecule has 2 aromatic carbocycles. The Hall–Kier alpha value is -2.59. The maximum Gasteiger partial charge on any atom is 0.260 e. The molecule has 0 unspecified atom stereocenters. The third-order valence-electron chi connectivity index (χ3n) is 3.64. The van der Waals surface area contributed by atoms with Gasteiger partial charge in [0, 0.05) is 16.1 Å². The fraction of sp³-hybridized carbons (Fsp3) is 0.222. The number of sulfonamides is 1. The maximum atomic E-state index is 12.3. The van der Waals surface area contributed by atoms with E-state index in [4.69, 9.17) is 9.47 Å². The van der Waals surface area contributed by atoms with Crippen LogP contribution in [0.1, 0.15) is 5.56 Å². The summed E-state index contributed by atoms with van der Waals surface area (Å²) in [7, 11) is -0.868. The quantitative estimate of drug-likeness (QED) is 0.472. The van der Waals surface area contributed by atoms with Gasteiger partial charge in [-0.3, -0.25) is 9.10 Å². The van der Waals surface area contributed by atoms with Crippen LogP contribution in [0, 0.1) is 0 Å². The van der Waals surface area contributed by atoms with Gasteiger partial charge in [-0.1, -0.05) is 34.1 Å². The Balaban J connectivity index is 2.19. The fourth-order valence-electron chi connectivity index (χ4n) is 2.29. The predicted octanol–water partition coefficient (Wildman–Crippen LogP) is 2.38. The van der Waals surface area contributed by atoms with Crippen LogP contribution in [0.3, 0.4) is 0 Å². The Morgan fingerprint density at radius 1 is 1.21 bits per heavy atom. The van der Waals surface area contributed by atoms with Gasteiger partial charge < -0.3 is 9.47 Å². The zero-order chi connectivity index (χ0) is 20.7. The first-order valence-corrected chi connectivity index (χ1v) is 10.7. The molecular weight excluding hydrogens is 450 g/mol. The zero-order valence-corrected chi connectivity index (χ0v) is 18.0. The van der Waals surface area contributed by atoms with E-state index in [0.717, 1.165) is 20.6 Å². The predicted molar refractivity (Wildman–Crippen MR) is 112 cm³/mol. The van der Waals surface area contributed by atoms with Gasteiger partial charge in [0.2, 0.25) is 10.0 Å². The molecule has 0 aliphatic carbocycles. The standard InChI is InChI=1S/C18H20BrN3O5S/c1-26-14-8-9-16(17(10-14)27-2)22(28(3,24)25)12-18(23)21-20-11-13-6-4-5-7-15(13)19/h4-11H,12H2,1-3H3,(H,21,23)/b20-11-. The highest BCUT2D eigenvalue weighted by molar-refractivity contribution is 9.10. The first-order chi connectivity index (χ1) is 13.3. The van der Waals surface area contributed by atoms with Gasteiger partial charge in [-0.15, -0.1) is 0 Å². The van der Waals surface area contributed by atoms with Crippen molar-refractivity contribution in [3.05, 3.63) is 52.5 Å². The van der Waals surface area contributed by atoms with Crippen molar-refractivity contribution in [3.8, 4) is 11.5 Å². The summed E-state index contributed by atoms with van der Waals surface area (Å²) in [5, 5.41) is 3.87. The van der Waals surface area contributed by atoms with Crippen molar-refractivity contribution in [1.82, 2.24) is 5.43 Å². The average Bonchev–Trinajstić information content (AvgIpc) is 2.66. The highest BCUT2D eigenvalue weighted by Crippen LogP contribution is 2.33. The number of ether oxygens (including phenoxy) is 2. The number of hydrazone groups is 1. The molecule has 8 nitrogen and oxygen atoms in total. The molecule has 0 spiro atoms. The van der Waals surface area contributed by atoms with Crippen LogP contribution in [-0.2, 0) is 14.8 Å². The summed E-state index contributed by atoms with van der Waals surface area (Å²) >= 11 is 3.37. The number of hydrogen-bond acceptors (Lipinski definition) is 6. The molecule has 0 heterocycles. The summed E-state index contributed by atoms with van der Waals surface area (Å²) in [4.78, 5) is 12.3. The number of nitrogens with zero attached hydrogens (tertiary/aromatic N) is 2. The fourth-order valence-corrected chi connectivity index (χ4v) is 3.54. The number of carbonyl (C=O) groups is 1. The normalized spacial score (nSPS) is 11.3. The van der Waals surface area contributed by atoms with Gasteiger partial charge in [-0.05, 0) is 18.2 Å². The second-order valence-electron chi connectivity index (χ2n) is 5.62. The lowest BCUT2D eigenvalue weighted by Gasteiger charge is -2.23. The lowest BCUT2D eigenvalue weighted by Crippen LogP contribution is -2.39. The first-order valence-electron chi connectivity index (χ1n) is 8.02. The number of rotatable bonds is 8. The SMILES string of the molecule is COc1ccc(N(CC(=O)N/N=C\c2ccccc2Br)S(C)(=O)=O)c(OC)c1. The van der Waals surface area contributed by atoms with Crippen LogP contribution in [0.25, 0.3) is 0 Å². The Bertz CT molecular complexity index is 979. The number of amides is 1. The van der Waals surface area contributed by atoms with Crippen LogP contribution in [0.15, 0.2) is 52.0 Å². The molecule has 0 saturated carbocycles. The molecule has 2 aromatic rings. The number of hydrogen-bond donors (Lipinski definition) is 1. The van der Waals surface area contributed by atoms with Crippen LogP contribution in [0.2, 0.25) is 0 Å². The molecule has 0 aliphatic rings. The van der Waals surface area contributed by atoms with E-state index in [9.17, 15) is 13.2 Å². The summed E-state index contributed by atoms with van der Waals surface area (Å²) in [6.07, 6.45) is 2.47. The minimum Gasteiger partial charge on any atom is -0.497 e. The van der Waals surface area contributed by atoms with Gasteiger partial charge in [-0.2, -0.15) is 5.10 Å². The second kappa shape index (κ2) is 9.56. The molecule has 1 N–H and O–H groups in total. The van der Waals surface area contributed by atoms with Crippen molar-refractivity contribution < 1.29 is 22.7 Å². The summed E-state index contributed by atoms with van der Waals surface area (Å²) in [6, 6.07) is 12.0. The molecule has 0 aliphatic heterocycles. The van der Waals surface area contributed by atoms with Gasteiger partial charge >= 0.3 is 0 Å². The smallest absolute Gasteiger partial charge is 0.260 e. The molecule has 0 bridgehead atoms. The molecule has 10 heteroatoms. The van der Waals surface area contributed by atoms with Crippen molar-refractivity contribution in [2.24, 2.45) is 5.10 Å². The van der Waals surface area contributed by atoms with Crippen LogP contribution in [0.4, 0.5) is 5.69 Å². The summed E-state index contributed by atoms with van der Waals surface area (Å²) in [6.45, 7) is -0.463. The largest absolute Gasteiger partial charge is 0.497 e. The van der Waals surface area contributed by atoms with Gasteiger partial charge in [0.15, 0.2) is 0 Å². The van der Waals surface area contributed by atoms with E-state index in [0.29, 0.717) is 5.75 Å². The lowest BCUT2D eigenvalue weighted by molar-refractivity contribution is -0.119. The summed E-state index contributed by atoms with van der Waals surface area (Å²) in [5.41, 5.74) is 3.31. The Morgan fingerprint density at radius 2 is 1.93 bits per heavy atom. The first kappa shape index (κ1) is 21.7. The molecular formula is C18H20BrN3O5S. The minimum atomic E-state index is -3.76. The van der Waals surface area contributed by atoms with Crippen LogP contribution in [0.5, 0.6) is 11.5 Å². The average molecular weight is 470 g/mol. The third-order valence-corrected chi connectivity index (χ3v) is 5.49. The zero-order valence-electron chi connectivity index (χ0n) is 15.5. The van der Waals surface area contributed by atoms with E-state index in [2.05, 4.69) is 26.5 Å². The number of nitrogens with one attached hydrogen (secondary N) is 1. The molecule has 2 rings (SSSR count). The van der Waals surface area contributed by atoms with Crippen LogP contribution < -0.4 is 19.2 Å². The molecule has 0 saturated heterocycles. The highest BCUT2D eigenvalue weighted by Gasteiger charge is 2.24. The van der Waals surface area contributed by atoms with E-state index in [1.54, 1.807) is 6.07 Å². The number of carbonyl (C=O) groups excluding carboxylic acids is 1. The van der Waals surface area contributed by atoms with E-state index in [-0.39, 0.29) is 11.4 Å². The molecule has 0 aromatic heterocycles. The number of benzene rings is 2. The number of halogens is 1. The van der Waals surface area contributed by atoms with Crippen LogP contribution >= 0.6 is 15.9 Å². The summed E-state index contributed by atoms with van der Waals surface area (Å²) in [5.74, 6) is 0.150. The number of methoxy groups -OCH3 is 2. The highest BCUT2D eigenvalue weighted by atomic mass is 79.9. The van der Waals surface area contributed by atoms with Crippen LogP contribution in [-0.4, -0.2) is 47.6 Å². The van der Waals surface area contributed by atoms with Gasteiger partial charge in [0.1, 0.15) is 18.0 Å². The van der Waals surface area contributed by atoms with Crippen molar-refractivity contribution in [2.45, 2.75) is 0 Å². The monoisotopic (exact) mass is 469 g/mol. The Kier molecular flexibility index (Phi) is 7.41. The van der Waals surface area contributed by atoms with Crippen molar-refractivity contribution in [1.29, 1.82) is 0 Å². The van der Waals surface area contributed by atoms with Gasteiger partial charge in [0.25, 0.3) is 5.91 Å². The molecule has 1 amide bonds. The molecule has 0 radical (unpaired) electrons. The minimum absolute atomic E-state index is 0.218.